The number of esters is 1. The Kier molecular flexibility index (Phi) is 4.63. The highest BCUT2D eigenvalue weighted by Gasteiger charge is 2.38. The minimum absolute atomic E-state index is 0.232. The van der Waals surface area contributed by atoms with Crippen LogP contribution >= 0.6 is 0 Å². The second-order valence-electron chi connectivity index (χ2n) is 5.32. The van der Waals surface area contributed by atoms with Crippen molar-refractivity contribution in [3.8, 4) is 0 Å². The van der Waals surface area contributed by atoms with Crippen molar-refractivity contribution in [2.75, 3.05) is 13.2 Å². The van der Waals surface area contributed by atoms with Gasteiger partial charge in [-0.3, -0.25) is 9.48 Å². The summed E-state index contributed by atoms with van der Waals surface area (Å²) in [6.07, 6.45) is 1.13. The molecule has 0 bridgehead atoms. The number of para-hydroxylation sites is 1. The molecule has 0 aliphatic carbocycles. The Morgan fingerprint density at radius 1 is 1.38 bits per heavy atom. The van der Waals surface area contributed by atoms with E-state index in [1.54, 1.807) is 0 Å². The molecule has 2 N–H and O–H groups in total. The van der Waals surface area contributed by atoms with Crippen molar-refractivity contribution in [1.82, 2.24) is 9.78 Å². The fourth-order valence-electron chi connectivity index (χ4n) is 2.67. The molecule has 21 heavy (non-hydrogen) atoms. The molecule has 2 rings (SSSR count). The predicted molar refractivity (Wildman–Crippen MR) is 82.8 cm³/mol. The van der Waals surface area contributed by atoms with Gasteiger partial charge in [0.1, 0.15) is 0 Å². The van der Waals surface area contributed by atoms with Crippen LogP contribution in [0.5, 0.6) is 0 Å². The number of benzene rings is 1. The Morgan fingerprint density at radius 2 is 2.10 bits per heavy atom. The molecule has 0 saturated carbocycles. The molecule has 0 saturated heterocycles. The zero-order valence-electron chi connectivity index (χ0n) is 12.9. The molecule has 1 heterocycles. The van der Waals surface area contributed by atoms with Crippen LogP contribution in [-0.2, 0) is 23.0 Å². The van der Waals surface area contributed by atoms with Crippen LogP contribution in [0.1, 0.15) is 26.0 Å². The van der Waals surface area contributed by atoms with Crippen molar-refractivity contribution in [3.05, 3.63) is 30.0 Å². The van der Waals surface area contributed by atoms with Gasteiger partial charge in [0.15, 0.2) is 0 Å². The molecule has 0 radical (unpaired) electrons. The molecular formula is C16H23N3O2. The van der Waals surface area contributed by atoms with Crippen LogP contribution in [-0.4, -0.2) is 28.9 Å². The first-order valence-electron chi connectivity index (χ1n) is 7.36. The molecular weight excluding hydrogens is 266 g/mol. The van der Waals surface area contributed by atoms with Gasteiger partial charge in [0.2, 0.25) is 0 Å². The zero-order chi connectivity index (χ0) is 15.5. The lowest BCUT2D eigenvalue weighted by Crippen LogP contribution is -2.41. The van der Waals surface area contributed by atoms with Gasteiger partial charge in [0.05, 0.1) is 23.2 Å². The van der Waals surface area contributed by atoms with Gasteiger partial charge >= 0.3 is 5.97 Å². The summed E-state index contributed by atoms with van der Waals surface area (Å²) in [7, 11) is 1.91. The lowest BCUT2D eigenvalue weighted by Gasteiger charge is -2.28. The van der Waals surface area contributed by atoms with Gasteiger partial charge in [-0.15, -0.1) is 0 Å². The third kappa shape index (κ3) is 2.78. The molecule has 5 nitrogen and oxygen atoms in total. The van der Waals surface area contributed by atoms with Crippen molar-refractivity contribution in [3.63, 3.8) is 0 Å². The fraction of sp³-hybridized carbons (Fsp3) is 0.500. The Bertz CT molecular complexity index is 629. The number of carbonyl (C=O) groups excluding carboxylic acids is 1. The highest BCUT2D eigenvalue weighted by molar-refractivity contribution is 5.83. The van der Waals surface area contributed by atoms with E-state index in [-0.39, 0.29) is 12.5 Å². The number of fused-ring (bicyclic) bond motifs is 1. The van der Waals surface area contributed by atoms with Crippen molar-refractivity contribution in [2.45, 2.75) is 26.7 Å². The van der Waals surface area contributed by atoms with Crippen LogP contribution in [0.25, 0.3) is 10.9 Å². The van der Waals surface area contributed by atoms with E-state index < -0.39 is 5.41 Å². The minimum Gasteiger partial charge on any atom is -0.466 e. The lowest BCUT2D eigenvalue weighted by molar-refractivity contribution is -0.155. The van der Waals surface area contributed by atoms with Crippen molar-refractivity contribution < 1.29 is 9.53 Å². The fourth-order valence-corrected chi connectivity index (χ4v) is 2.67. The summed E-state index contributed by atoms with van der Waals surface area (Å²) in [5, 5.41) is 5.63. The summed E-state index contributed by atoms with van der Waals surface area (Å²) in [5.74, 6) is -0.232. The minimum atomic E-state index is -0.701. The van der Waals surface area contributed by atoms with E-state index >= 15 is 0 Å². The van der Waals surface area contributed by atoms with E-state index in [0.29, 0.717) is 19.4 Å². The van der Waals surface area contributed by atoms with E-state index in [0.717, 1.165) is 16.6 Å². The summed E-state index contributed by atoms with van der Waals surface area (Å²) < 4.78 is 7.07. The maximum atomic E-state index is 12.3. The third-order valence-electron chi connectivity index (χ3n) is 4.12. The second-order valence-corrected chi connectivity index (χ2v) is 5.32. The molecule has 0 fully saturated rings. The molecule has 114 valence electrons. The molecule has 2 aromatic rings. The first-order valence-corrected chi connectivity index (χ1v) is 7.36. The van der Waals surface area contributed by atoms with E-state index in [4.69, 9.17) is 10.5 Å². The number of hydrogen-bond acceptors (Lipinski definition) is 4. The van der Waals surface area contributed by atoms with E-state index in [1.807, 2.05) is 49.8 Å². The van der Waals surface area contributed by atoms with Gasteiger partial charge in [-0.05, 0) is 19.4 Å². The SMILES string of the molecule is CCOC(=O)C(CC)(CN)Cc1nn(C)c2ccccc12. The largest absolute Gasteiger partial charge is 0.466 e. The number of carbonyl (C=O) groups is 1. The topological polar surface area (TPSA) is 70.1 Å². The quantitative estimate of drug-likeness (QED) is 0.826. The summed E-state index contributed by atoms with van der Waals surface area (Å²) in [6.45, 7) is 4.40. The maximum Gasteiger partial charge on any atom is 0.313 e. The Hall–Kier alpha value is -1.88. The average Bonchev–Trinajstić information content (AvgIpc) is 2.82. The van der Waals surface area contributed by atoms with Gasteiger partial charge in [-0.2, -0.15) is 5.10 Å². The molecule has 0 aliphatic rings. The van der Waals surface area contributed by atoms with Crippen LogP contribution in [0.3, 0.4) is 0 Å². The van der Waals surface area contributed by atoms with Gasteiger partial charge < -0.3 is 10.5 Å². The summed E-state index contributed by atoms with van der Waals surface area (Å²) in [5.41, 5.74) is 7.16. The normalized spacial score (nSPS) is 14.1. The number of rotatable bonds is 6. The Labute approximate surface area is 125 Å². The van der Waals surface area contributed by atoms with Crippen LogP contribution in [0.15, 0.2) is 24.3 Å². The van der Waals surface area contributed by atoms with Gasteiger partial charge in [0, 0.05) is 25.4 Å². The monoisotopic (exact) mass is 289 g/mol. The zero-order valence-corrected chi connectivity index (χ0v) is 12.9. The maximum absolute atomic E-state index is 12.3. The number of aromatic nitrogens is 2. The van der Waals surface area contributed by atoms with Crippen molar-refractivity contribution >= 4 is 16.9 Å². The first-order chi connectivity index (χ1) is 10.1. The predicted octanol–water partition coefficient (Wildman–Crippen LogP) is 2.03. The number of nitrogens with two attached hydrogens (primary N) is 1. The molecule has 1 atom stereocenters. The first kappa shape index (κ1) is 15.5. The second kappa shape index (κ2) is 6.26. The highest BCUT2D eigenvalue weighted by Crippen LogP contribution is 2.30. The average molecular weight is 289 g/mol. The standard InChI is InChI=1S/C16H23N3O2/c1-4-16(11-17,15(20)21-5-2)10-13-12-8-6-7-9-14(12)19(3)18-13/h6-9H,4-5,10-11,17H2,1-3H3. The van der Waals surface area contributed by atoms with Crippen LogP contribution in [0.2, 0.25) is 0 Å². The lowest BCUT2D eigenvalue weighted by atomic mass is 9.80. The molecule has 1 unspecified atom stereocenters. The molecule has 0 amide bonds. The van der Waals surface area contributed by atoms with Gasteiger partial charge in [-0.25, -0.2) is 0 Å². The number of ether oxygens (including phenoxy) is 1. The summed E-state index contributed by atoms with van der Waals surface area (Å²) in [4.78, 5) is 12.3. The Balaban J connectivity index is 2.42. The van der Waals surface area contributed by atoms with Crippen molar-refractivity contribution in [1.29, 1.82) is 0 Å². The van der Waals surface area contributed by atoms with Crippen LogP contribution < -0.4 is 5.73 Å². The van der Waals surface area contributed by atoms with E-state index in [1.165, 1.54) is 0 Å². The van der Waals surface area contributed by atoms with Gasteiger partial charge in [-0.1, -0.05) is 25.1 Å². The highest BCUT2D eigenvalue weighted by atomic mass is 16.5. The number of nitrogens with zero attached hydrogens (tertiary/aromatic N) is 2. The van der Waals surface area contributed by atoms with E-state index in [2.05, 4.69) is 5.10 Å². The molecule has 5 heteroatoms. The molecule has 0 spiro atoms. The molecule has 1 aromatic carbocycles. The number of aryl methyl sites for hydroxylation is 1. The molecule has 0 aliphatic heterocycles. The third-order valence-corrected chi connectivity index (χ3v) is 4.12. The van der Waals surface area contributed by atoms with Crippen molar-refractivity contribution in [2.24, 2.45) is 18.2 Å². The number of hydrogen-bond donors (Lipinski definition) is 1. The summed E-state index contributed by atoms with van der Waals surface area (Å²) >= 11 is 0. The van der Waals surface area contributed by atoms with Crippen LogP contribution in [0, 0.1) is 5.41 Å². The smallest absolute Gasteiger partial charge is 0.313 e. The molecule has 1 aromatic heterocycles. The van der Waals surface area contributed by atoms with Gasteiger partial charge in [0.25, 0.3) is 0 Å². The Morgan fingerprint density at radius 3 is 2.71 bits per heavy atom. The van der Waals surface area contributed by atoms with E-state index in [9.17, 15) is 4.79 Å². The summed E-state index contributed by atoms with van der Waals surface area (Å²) in [6, 6.07) is 8.01. The van der Waals surface area contributed by atoms with Crippen LogP contribution in [0.4, 0.5) is 0 Å².